The predicted molar refractivity (Wildman–Crippen MR) is 90.0 cm³/mol. The number of aryl methyl sites for hydroxylation is 1. The van der Waals surface area contributed by atoms with Crippen molar-refractivity contribution >= 4 is 48.1 Å². The van der Waals surface area contributed by atoms with Crippen LogP contribution in [0, 0.1) is 6.92 Å². The number of nitrogens with one attached hydrogen (secondary N) is 1. The van der Waals surface area contributed by atoms with Gasteiger partial charge in [-0.1, -0.05) is 0 Å². The third kappa shape index (κ3) is 3.14. The van der Waals surface area contributed by atoms with Crippen molar-refractivity contribution in [1.82, 2.24) is 4.98 Å². The summed E-state index contributed by atoms with van der Waals surface area (Å²) in [6.07, 6.45) is -0.0761. The summed E-state index contributed by atoms with van der Waals surface area (Å²) in [5, 5.41) is 1.96. The average Bonchev–Trinajstić information content (AvgIpc) is 3.01. The van der Waals surface area contributed by atoms with E-state index in [1.54, 1.807) is 12.3 Å². The van der Waals surface area contributed by atoms with E-state index in [1.165, 1.54) is 24.3 Å². The molecule has 1 N–H and O–H groups in total. The van der Waals surface area contributed by atoms with Gasteiger partial charge >= 0.3 is 0 Å². The molecule has 0 spiro atoms. The molecule has 0 radical (unpaired) electrons. The molecular formula is C13H13N3O5S3. The van der Waals surface area contributed by atoms with Gasteiger partial charge in [0.05, 0.1) is 22.0 Å². The van der Waals surface area contributed by atoms with Crippen LogP contribution in [0.1, 0.15) is 12.1 Å². The van der Waals surface area contributed by atoms with E-state index in [0.717, 1.165) is 11.3 Å². The van der Waals surface area contributed by atoms with E-state index >= 15 is 0 Å². The minimum atomic E-state index is -3.84. The van der Waals surface area contributed by atoms with Gasteiger partial charge in [-0.25, -0.2) is 26.1 Å². The SMILES string of the molecule is Cc1csc(NS(=O)(=O)c2ccc(N3C(=O)CCS3(=O)=O)cc2)n1. The maximum atomic E-state index is 12.3. The Morgan fingerprint density at radius 2 is 1.92 bits per heavy atom. The van der Waals surface area contributed by atoms with Crippen LogP contribution in [0.3, 0.4) is 0 Å². The van der Waals surface area contributed by atoms with E-state index in [4.69, 9.17) is 0 Å². The highest BCUT2D eigenvalue weighted by Crippen LogP contribution is 2.27. The zero-order chi connectivity index (χ0) is 17.5. The molecule has 2 heterocycles. The number of hydrogen-bond acceptors (Lipinski definition) is 7. The number of benzene rings is 1. The second kappa shape index (κ2) is 5.83. The Morgan fingerprint density at radius 3 is 2.42 bits per heavy atom. The Balaban J connectivity index is 1.88. The predicted octanol–water partition coefficient (Wildman–Crippen LogP) is 1.32. The van der Waals surface area contributed by atoms with E-state index in [2.05, 4.69) is 9.71 Å². The molecule has 0 bridgehead atoms. The standard InChI is InChI=1S/C13H13N3O5S3/c1-9-8-22-13(14-9)15-24(20,21)11-4-2-10(3-5-11)16-12(17)6-7-23(16,18)19/h2-5,8H,6-7H2,1H3,(H,14,15). The molecule has 128 valence electrons. The molecule has 8 nitrogen and oxygen atoms in total. The average molecular weight is 387 g/mol. The molecule has 1 aromatic heterocycles. The second-order valence-corrected chi connectivity index (χ2v) is 9.60. The lowest BCUT2D eigenvalue weighted by molar-refractivity contribution is -0.116. The molecule has 2 aromatic rings. The molecule has 24 heavy (non-hydrogen) atoms. The zero-order valence-corrected chi connectivity index (χ0v) is 14.9. The normalized spacial score (nSPS) is 17.2. The van der Waals surface area contributed by atoms with Crippen molar-refractivity contribution in [2.24, 2.45) is 0 Å². The summed E-state index contributed by atoms with van der Waals surface area (Å²) in [6.45, 7) is 1.75. The van der Waals surface area contributed by atoms with Crippen LogP contribution < -0.4 is 9.03 Å². The first-order chi connectivity index (χ1) is 11.2. The molecule has 1 aromatic carbocycles. The van der Waals surface area contributed by atoms with Crippen LogP contribution >= 0.6 is 11.3 Å². The van der Waals surface area contributed by atoms with Crippen LogP contribution in [0.5, 0.6) is 0 Å². The topological polar surface area (TPSA) is 114 Å². The number of carbonyl (C=O) groups is 1. The van der Waals surface area contributed by atoms with Crippen molar-refractivity contribution in [3.8, 4) is 0 Å². The number of thiazole rings is 1. The van der Waals surface area contributed by atoms with Gasteiger partial charge < -0.3 is 0 Å². The molecule has 0 unspecified atom stereocenters. The minimum absolute atomic E-state index is 0.0526. The first-order valence-corrected chi connectivity index (χ1v) is 10.8. The number of amides is 1. The summed E-state index contributed by atoms with van der Waals surface area (Å²) in [6, 6.07) is 5.09. The second-order valence-electron chi connectivity index (χ2n) is 5.12. The third-order valence-corrected chi connectivity index (χ3v) is 7.35. The zero-order valence-electron chi connectivity index (χ0n) is 12.5. The lowest BCUT2D eigenvalue weighted by Gasteiger charge is -2.15. The van der Waals surface area contributed by atoms with Crippen LogP contribution in [0.15, 0.2) is 34.5 Å². The van der Waals surface area contributed by atoms with Gasteiger partial charge in [0.2, 0.25) is 15.9 Å². The molecular weight excluding hydrogens is 374 g/mol. The number of rotatable bonds is 4. The van der Waals surface area contributed by atoms with Crippen LogP contribution in [0.25, 0.3) is 0 Å². The Kier molecular flexibility index (Phi) is 4.10. The van der Waals surface area contributed by atoms with E-state index in [9.17, 15) is 21.6 Å². The lowest BCUT2D eigenvalue weighted by atomic mass is 10.3. The molecule has 0 atom stereocenters. The molecule has 0 aliphatic carbocycles. The number of nitrogens with zero attached hydrogens (tertiary/aromatic N) is 2. The summed E-state index contributed by atoms with van der Waals surface area (Å²) >= 11 is 1.16. The molecule has 1 amide bonds. The summed E-state index contributed by atoms with van der Waals surface area (Å²) in [4.78, 5) is 15.7. The van der Waals surface area contributed by atoms with E-state index in [1.807, 2.05) is 0 Å². The van der Waals surface area contributed by atoms with Crippen LogP contribution in [-0.2, 0) is 24.8 Å². The van der Waals surface area contributed by atoms with Crippen molar-refractivity contribution in [3.63, 3.8) is 0 Å². The highest BCUT2D eigenvalue weighted by molar-refractivity contribution is 7.94. The Morgan fingerprint density at radius 1 is 1.25 bits per heavy atom. The summed E-state index contributed by atoms with van der Waals surface area (Å²) in [7, 11) is -7.51. The fraction of sp³-hybridized carbons (Fsp3) is 0.231. The molecule has 0 saturated carbocycles. The van der Waals surface area contributed by atoms with Crippen molar-refractivity contribution in [1.29, 1.82) is 0 Å². The summed E-state index contributed by atoms with van der Waals surface area (Å²) in [5.74, 6) is -0.765. The van der Waals surface area contributed by atoms with Gasteiger partial charge in [-0.3, -0.25) is 9.52 Å². The van der Waals surface area contributed by atoms with Crippen molar-refractivity contribution in [2.75, 3.05) is 14.8 Å². The smallest absolute Gasteiger partial charge is 0.263 e. The highest BCUT2D eigenvalue weighted by Gasteiger charge is 2.36. The largest absolute Gasteiger partial charge is 0.273 e. The Labute approximate surface area is 143 Å². The van der Waals surface area contributed by atoms with Gasteiger partial charge in [-0.05, 0) is 31.2 Å². The van der Waals surface area contributed by atoms with Gasteiger partial charge in [0.1, 0.15) is 0 Å². The molecule has 1 saturated heterocycles. The molecule has 3 rings (SSSR count). The van der Waals surface area contributed by atoms with E-state index in [-0.39, 0.29) is 27.9 Å². The first-order valence-electron chi connectivity index (χ1n) is 6.80. The fourth-order valence-corrected chi connectivity index (χ4v) is 5.60. The fourth-order valence-electron chi connectivity index (χ4n) is 2.20. The molecule has 1 aliphatic heterocycles. The maximum Gasteiger partial charge on any atom is 0.263 e. The van der Waals surface area contributed by atoms with Gasteiger partial charge in [-0.15, -0.1) is 11.3 Å². The van der Waals surface area contributed by atoms with Gasteiger partial charge in [0.25, 0.3) is 10.0 Å². The van der Waals surface area contributed by atoms with Crippen LogP contribution in [0.2, 0.25) is 0 Å². The highest BCUT2D eigenvalue weighted by atomic mass is 32.2. The van der Waals surface area contributed by atoms with Gasteiger partial charge in [-0.2, -0.15) is 0 Å². The Hall–Kier alpha value is -1.98. The van der Waals surface area contributed by atoms with Crippen LogP contribution in [0.4, 0.5) is 10.8 Å². The third-order valence-electron chi connectivity index (χ3n) is 3.30. The number of anilines is 2. The quantitative estimate of drug-likeness (QED) is 0.846. The Bertz CT molecular complexity index is 994. The first kappa shape index (κ1) is 16.9. The van der Waals surface area contributed by atoms with Crippen molar-refractivity contribution < 1.29 is 21.6 Å². The number of aromatic nitrogens is 1. The van der Waals surface area contributed by atoms with Crippen LogP contribution in [-0.4, -0.2) is 33.5 Å². The molecule has 1 aliphatic rings. The lowest BCUT2D eigenvalue weighted by Crippen LogP contribution is -2.29. The van der Waals surface area contributed by atoms with Gasteiger partial charge in [0, 0.05) is 11.8 Å². The van der Waals surface area contributed by atoms with E-state index < -0.39 is 26.0 Å². The van der Waals surface area contributed by atoms with Gasteiger partial charge in [0.15, 0.2) is 5.13 Å². The maximum absolute atomic E-state index is 12.3. The molecule has 1 fully saturated rings. The minimum Gasteiger partial charge on any atom is -0.273 e. The number of sulfonamides is 2. The van der Waals surface area contributed by atoms with E-state index in [0.29, 0.717) is 10.00 Å². The summed E-state index contributed by atoms with van der Waals surface area (Å²) in [5.41, 5.74) is 0.826. The monoisotopic (exact) mass is 387 g/mol. The summed E-state index contributed by atoms with van der Waals surface area (Å²) < 4.78 is 51.4. The molecule has 11 heteroatoms. The van der Waals surface area contributed by atoms with Crippen molar-refractivity contribution in [3.05, 3.63) is 35.3 Å². The number of hydrogen-bond donors (Lipinski definition) is 1. The van der Waals surface area contributed by atoms with Crippen molar-refractivity contribution in [2.45, 2.75) is 18.2 Å². The number of carbonyl (C=O) groups excluding carboxylic acids is 1.